The maximum absolute atomic E-state index is 12.9. The van der Waals surface area contributed by atoms with Crippen molar-refractivity contribution in [3.05, 3.63) is 59.8 Å². The Kier molecular flexibility index (Phi) is 3.85. The Morgan fingerprint density at radius 3 is 2.92 bits per heavy atom. The summed E-state index contributed by atoms with van der Waals surface area (Å²) in [7, 11) is 0. The van der Waals surface area contributed by atoms with Crippen LogP contribution in [0, 0.1) is 0 Å². The normalized spacial score (nSPS) is 16.3. The van der Waals surface area contributed by atoms with Crippen LogP contribution in [0.25, 0.3) is 10.9 Å². The molecule has 1 aromatic heterocycles. The van der Waals surface area contributed by atoms with Gasteiger partial charge in [-0.05, 0) is 36.2 Å². The lowest BCUT2D eigenvalue weighted by atomic mass is 10.1. The van der Waals surface area contributed by atoms with Crippen LogP contribution >= 0.6 is 11.8 Å². The van der Waals surface area contributed by atoms with E-state index in [0.717, 1.165) is 29.7 Å². The van der Waals surface area contributed by atoms with Gasteiger partial charge in [-0.25, -0.2) is 0 Å². The van der Waals surface area contributed by atoms with E-state index in [9.17, 15) is 4.79 Å². The number of para-hydroxylation sites is 1. The predicted molar refractivity (Wildman–Crippen MR) is 101 cm³/mol. The molecule has 1 aliphatic rings. The molecule has 1 atom stereocenters. The van der Waals surface area contributed by atoms with Crippen LogP contribution in [0.2, 0.25) is 0 Å². The Morgan fingerprint density at radius 1 is 1.25 bits per heavy atom. The Hall–Kier alpha value is -2.20. The van der Waals surface area contributed by atoms with E-state index >= 15 is 0 Å². The number of benzene rings is 2. The fourth-order valence-electron chi connectivity index (χ4n) is 3.34. The van der Waals surface area contributed by atoms with Crippen molar-refractivity contribution < 1.29 is 4.79 Å². The number of carbonyl (C=O) groups excluding carboxylic acids is 1. The molecular weight excluding hydrogens is 316 g/mol. The summed E-state index contributed by atoms with van der Waals surface area (Å²) in [5.41, 5.74) is 4.01. The fraction of sp³-hybridized carbons (Fsp3) is 0.250. The van der Waals surface area contributed by atoms with Gasteiger partial charge in [0.1, 0.15) is 5.69 Å². The third kappa shape index (κ3) is 2.61. The molecule has 1 amide bonds. The zero-order valence-electron chi connectivity index (χ0n) is 13.9. The van der Waals surface area contributed by atoms with Gasteiger partial charge in [-0.3, -0.25) is 4.79 Å². The maximum atomic E-state index is 12.9. The number of thioether (sulfide) groups is 1. The topological polar surface area (TPSA) is 34.0 Å². The van der Waals surface area contributed by atoms with E-state index in [2.05, 4.69) is 48.0 Å². The van der Waals surface area contributed by atoms with Crippen LogP contribution in [0.5, 0.6) is 0 Å². The average Bonchev–Trinajstić information content (AvgIpc) is 2.95. The number of carbonyl (C=O) groups is 1. The van der Waals surface area contributed by atoms with Crippen LogP contribution in [0.3, 0.4) is 0 Å². The van der Waals surface area contributed by atoms with Crippen LogP contribution < -0.4 is 5.32 Å². The van der Waals surface area contributed by atoms with Crippen LogP contribution in [0.4, 0.5) is 5.69 Å². The van der Waals surface area contributed by atoms with Gasteiger partial charge in [0.05, 0.1) is 5.52 Å². The molecule has 0 saturated carbocycles. The van der Waals surface area contributed by atoms with Gasteiger partial charge in [0.15, 0.2) is 0 Å². The van der Waals surface area contributed by atoms with E-state index < -0.39 is 0 Å². The molecule has 3 nitrogen and oxygen atoms in total. The van der Waals surface area contributed by atoms with Crippen LogP contribution in [0.15, 0.2) is 53.4 Å². The summed E-state index contributed by atoms with van der Waals surface area (Å²) in [5.74, 6) is -0.0375. The lowest BCUT2D eigenvalue weighted by Gasteiger charge is -2.22. The highest BCUT2D eigenvalue weighted by Gasteiger charge is 2.24. The first-order chi connectivity index (χ1) is 11.7. The molecule has 3 aromatic rings. The molecule has 1 aliphatic heterocycles. The Morgan fingerprint density at radius 2 is 2.08 bits per heavy atom. The average molecular weight is 336 g/mol. The second kappa shape index (κ2) is 6.02. The van der Waals surface area contributed by atoms with E-state index in [4.69, 9.17) is 0 Å². The number of hydrogen-bond donors (Lipinski definition) is 1. The molecule has 4 rings (SSSR count). The standard InChI is InChI=1S/C20H20N2OS/c1-3-14-6-4-8-16(10-14)21-20(23)17-11-15-7-5-9-18-19(15)22(17)12-13(2)24-18/h4-11,13H,3,12H2,1-2H3,(H,21,23)/t13-/m0/s1. The van der Waals surface area contributed by atoms with E-state index in [-0.39, 0.29) is 5.91 Å². The number of aromatic nitrogens is 1. The molecule has 4 heteroatoms. The van der Waals surface area contributed by atoms with Gasteiger partial charge >= 0.3 is 0 Å². The monoisotopic (exact) mass is 336 g/mol. The Labute approximate surface area is 146 Å². The summed E-state index contributed by atoms with van der Waals surface area (Å²) in [6.07, 6.45) is 0.960. The van der Waals surface area contributed by atoms with Crippen molar-refractivity contribution in [3.8, 4) is 0 Å². The molecule has 0 radical (unpaired) electrons. The van der Waals surface area contributed by atoms with E-state index in [0.29, 0.717) is 5.25 Å². The number of anilines is 1. The van der Waals surface area contributed by atoms with Crippen molar-refractivity contribution in [2.24, 2.45) is 0 Å². The summed E-state index contributed by atoms with van der Waals surface area (Å²) >= 11 is 1.89. The number of amides is 1. The first-order valence-electron chi connectivity index (χ1n) is 8.35. The number of nitrogens with zero attached hydrogens (tertiary/aromatic N) is 1. The van der Waals surface area contributed by atoms with Crippen molar-refractivity contribution in [1.82, 2.24) is 4.57 Å². The molecule has 0 fully saturated rings. The summed E-state index contributed by atoms with van der Waals surface area (Å²) in [4.78, 5) is 14.1. The first kappa shape index (κ1) is 15.3. The Bertz CT molecular complexity index is 929. The van der Waals surface area contributed by atoms with Gasteiger partial charge in [-0.1, -0.05) is 38.1 Å². The summed E-state index contributed by atoms with van der Waals surface area (Å²) < 4.78 is 2.17. The van der Waals surface area contributed by atoms with Crippen molar-refractivity contribution in [2.45, 2.75) is 37.0 Å². The van der Waals surface area contributed by atoms with E-state index in [1.54, 1.807) is 0 Å². The lowest BCUT2D eigenvalue weighted by Crippen LogP contribution is -2.22. The van der Waals surface area contributed by atoms with Gasteiger partial charge in [0, 0.05) is 27.8 Å². The molecule has 0 spiro atoms. The molecule has 2 heterocycles. The smallest absolute Gasteiger partial charge is 0.272 e. The number of hydrogen-bond acceptors (Lipinski definition) is 2. The van der Waals surface area contributed by atoms with Crippen molar-refractivity contribution in [1.29, 1.82) is 0 Å². The lowest BCUT2D eigenvalue weighted by molar-refractivity contribution is 0.101. The molecule has 0 unspecified atom stereocenters. The van der Waals surface area contributed by atoms with Gasteiger partial charge in [-0.15, -0.1) is 11.8 Å². The first-order valence-corrected chi connectivity index (χ1v) is 9.23. The van der Waals surface area contributed by atoms with Crippen molar-refractivity contribution in [3.63, 3.8) is 0 Å². The number of rotatable bonds is 3. The van der Waals surface area contributed by atoms with Crippen LogP contribution in [0.1, 0.15) is 29.9 Å². The molecular formula is C20H20N2OS. The Balaban J connectivity index is 1.73. The third-order valence-electron chi connectivity index (χ3n) is 4.48. The minimum absolute atomic E-state index is 0.0375. The zero-order valence-corrected chi connectivity index (χ0v) is 14.7. The quantitative estimate of drug-likeness (QED) is 0.734. The van der Waals surface area contributed by atoms with E-state index in [1.165, 1.54) is 16.0 Å². The SMILES string of the molecule is CCc1cccc(NC(=O)c2cc3cccc4c3n2C[C@H](C)S4)c1. The van der Waals surface area contributed by atoms with Gasteiger partial charge in [0.2, 0.25) is 0 Å². The summed E-state index contributed by atoms with van der Waals surface area (Å²) in [6, 6.07) is 16.4. The van der Waals surface area contributed by atoms with Gasteiger partial charge in [0.25, 0.3) is 5.91 Å². The molecule has 0 bridgehead atoms. The highest BCUT2D eigenvalue weighted by atomic mass is 32.2. The maximum Gasteiger partial charge on any atom is 0.272 e. The number of nitrogens with one attached hydrogen (secondary N) is 1. The highest BCUT2D eigenvalue weighted by molar-refractivity contribution is 8.00. The molecule has 24 heavy (non-hydrogen) atoms. The van der Waals surface area contributed by atoms with Crippen LogP contribution in [-0.4, -0.2) is 15.7 Å². The summed E-state index contributed by atoms with van der Waals surface area (Å²) in [5, 5.41) is 4.66. The van der Waals surface area contributed by atoms with Crippen molar-refractivity contribution in [2.75, 3.05) is 5.32 Å². The van der Waals surface area contributed by atoms with Crippen LogP contribution in [-0.2, 0) is 13.0 Å². The van der Waals surface area contributed by atoms with Gasteiger partial charge in [-0.2, -0.15) is 0 Å². The predicted octanol–water partition coefficient (Wildman–Crippen LogP) is 4.95. The van der Waals surface area contributed by atoms with Gasteiger partial charge < -0.3 is 9.88 Å². The highest BCUT2D eigenvalue weighted by Crippen LogP contribution is 2.38. The fourth-order valence-corrected chi connectivity index (χ4v) is 4.49. The van der Waals surface area contributed by atoms with Crippen molar-refractivity contribution >= 4 is 34.3 Å². The third-order valence-corrected chi connectivity index (χ3v) is 5.61. The molecule has 0 aliphatic carbocycles. The molecule has 122 valence electrons. The molecule has 0 saturated heterocycles. The largest absolute Gasteiger partial charge is 0.334 e. The molecule has 2 aromatic carbocycles. The minimum atomic E-state index is -0.0375. The second-order valence-corrected chi connectivity index (χ2v) is 7.75. The van der Waals surface area contributed by atoms with E-state index in [1.807, 2.05) is 36.0 Å². The zero-order chi connectivity index (χ0) is 16.7. The number of aryl methyl sites for hydroxylation is 1. The summed E-state index contributed by atoms with van der Waals surface area (Å²) in [6.45, 7) is 5.19. The minimum Gasteiger partial charge on any atom is -0.334 e. The second-order valence-electron chi connectivity index (χ2n) is 6.27. The molecule has 1 N–H and O–H groups in total.